The van der Waals surface area contributed by atoms with Crippen LogP contribution in [0.5, 0.6) is 0 Å². The van der Waals surface area contributed by atoms with Gasteiger partial charge >= 0.3 is 5.97 Å². The maximum atomic E-state index is 14.4. The molecule has 0 radical (unpaired) electrons. The van der Waals surface area contributed by atoms with Crippen LogP contribution in [0.25, 0.3) is 27.8 Å². The van der Waals surface area contributed by atoms with Gasteiger partial charge in [-0.1, -0.05) is 31.2 Å². The molecular formula is C33H38N8O4. The van der Waals surface area contributed by atoms with E-state index >= 15 is 0 Å². The van der Waals surface area contributed by atoms with Crippen LogP contribution < -0.4 is 16.2 Å². The van der Waals surface area contributed by atoms with Crippen molar-refractivity contribution in [2.45, 2.75) is 64.6 Å². The highest BCUT2D eigenvalue weighted by atomic mass is 16.5. The van der Waals surface area contributed by atoms with Crippen LogP contribution in [0.4, 0.5) is 11.5 Å². The third-order valence-corrected chi connectivity index (χ3v) is 7.97. The lowest BCUT2D eigenvalue weighted by molar-refractivity contribution is -0.143. The van der Waals surface area contributed by atoms with Crippen molar-refractivity contribution >= 4 is 39.5 Å². The Hall–Kier alpha value is -4.84. The van der Waals surface area contributed by atoms with E-state index in [9.17, 15) is 9.59 Å². The first-order valence-electron chi connectivity index (χ1n) is 15.6. The number of nitrogens with one attached hydrogen (secondary N) is 2. The Labute approximate surface area is 260 Å². The Kier molecular flexibility index (Phi) is 9.30. The molecule has 2 N–H and O–H groups in total. The molecular weight excluding hydrogens is 572 g/mol. The summed E-state index contributed by atoms with van der Waals surface area (Å²) >= 11 is 0. The van der Waals surface area contributed by atoms with Crippen LogP contribution in [0.1, 0.15) is 70.5 Å². The molecule has 12 heteroatoms. The molecule has 1 saturated heterocycles. The van der Waals surface area contributed by atoms with Gasteiger partial charge < -0.3 is 20.1 Å². The molecule has 0 aliphatic carbocycles. The first kappa shape index (κ1) is 30.2. The summed E-state index contributed by atoms with van der Waals surface area (Å²) in [5, 5.41) is 7.35. The number of imidazole rings is 1. The molecule has 6 rings (SSSR count). The normalized spacial score (nSPS) is 15.6. The molecule has 1 fully saturated rings. The van der Waals surface area contributed by atoms with Gasteiger partial charge in [-0.3, -0.25) is 18.7 Å². The van der Waals surface area contributed by atoms with Gasteiger partial charge in [-0.25, -0.2) is 19.9 Å². The summed E-state index contributed by atoms with van der Waals surface area (Å²) in [7, 11) is 0. The molecule has 1 aliphatic rings. The predicted octanol–water partition coefficient (Wildman–Crippen LogP) is 5.54. The topological polar surface area (TPSA) is 138 Å². The van der Waals surface area contributed by atoms with Gasteiger partial charge in [0.05, 0.1) is 35.6 Å². The van der Waals surface area contributed by atoms with Crippen molar-refractivity contribution in [3.63, 3.8) is 0 Å². The number of benzene rings is 2. The van der Waals surface area contributed by atoms with E-state index in [4.69, 9.17) is 14.5 Å². The van der Waals surface area contributed by atoms with Gasteiger partial charge in [-0.15, -0.1) is 0 Å². The molecule has 3 aromatic heterocycles. The van der Waals surface area contributed by atoms with Crippen LogP contribution >= 0.6 is 0 Å². The van der Waals surface area contributed by atoms with Crippen LogP contribution in [-0.4, -0.2) is 54.8 Å². The van der Waals surface area contributed by atoms with E-state index < -0.39 is 0 Å². The molecule has 0 spiro atoms. The van der Waals surface area contributed by atoms with Gasteiger partial charge in [0.1, 0.15) is 18.4 Å². The van der Waals surface area contributed by atoms with Gasteiger partial charge in [-0.05, 0) is 63.3 Å². The minimum Gasteiger partial charge on any atom is -0.466 e. The number of esters is 1. The number of fused-ring (bicyclic) bond motifs is 2. The van der Waals surface area contributed by atoms with Crippen molar-refractivity contribution in [1.82, 2.24) is 29.1 Å². The summed E-state index contributed by atoms with van der Waals surface area (Å²) in [4.78, 5) is 45.0. The number of aromatic nitrogens is 6. The average molecular weight is 611 g/mol. The third-order valence-electron chi connectivity index (χ3n) is 7.97. The van der Waals surface area contributed by atoms with Crippen molar-refractivity contribution in [3.05, 3.63) is 77.4 Å². The van der Waals surface area contributed by atoms with Crippen LogP contribution in [0, 0.1) is 0 Å². The number of nitrogens with zero attached hydrogens (tertiary/aromatic N) is 6. The zero-order valence-corrected chi connectivity index (χ0v) is 25.6. The highest BCUT2D eigenvalue weighted by Crippen LogP contribution is 2.30. The highest BCUT2D eigenvalue weighted by Gasteiger charge is 2.25. The number of rotatable bonds is 12. The predicted molar refractivity (Wildman–Crippen MR) is 173 cm³/mol. The molecule has 234 valence electrons. The van der Waals surface area contributed by atoms with Gasteiger partial charge in [-0.2, -0.15) is 0 Å². The lowest BCUT2D eigenvalue weighted by Crippen LogP contribution is -2.29. The van der Waals surface area contributed by atoms with Gasteiger partial charge in [0.25, 0.3) is 5.56 Å². The first-order chi connectivity index (χ1) is 22.1. The molecule has 5 aromatic rings. The fourth-order valence-corrected chi connectivity index (χ4v) is 5.77. The van der Waals surface area contributed by atoms with E-state index in [1.54, 1.807) is 17.8 Å². The molecule has 0 amide bonds. The molecule has 0 bridgehead atoms. The van der Waals surface area contributed by atoms with E-state index in [0.29, 0.717) is 84.1 Å². The average Bonchev–Trinajstić information content (AvgIpc) is 3.51. The summed E-state index contributed by atoms with van der Waals surface area (Å²) < 4.78 is 14.7. The molecule has 2 aromatic carbocycles. The van der Waals surface area contributed by atoms with Crippen molar-refractivity contribution < 1.29 is 14.3 Å². The van der Waals surface area contributed by atoms with Crippen LogP contribution in [-0.2, 0) is 14.3 Å². The summed E-state index contributed by atoms with van der Waals surface area (Å²) in [6.45, 7) is 5.41. The molecule has 1 aliphatic heterocycles. The second kappa shape index (κ2) is 13.9. The standard InChI is InChI=1S/C33H38N8O4/c1-3-23(38-30-29-32(36-20-35-30)40(21-37-29)26-16-8-9-19-45-26)31-39-25-15-10-14-24(34-18-11-17-27(42)44-4-2)28(25)33(43)41(31)22-12-6-5-7-13-22/h5-7,10,12-15,20-21,23,26,34H,3-4,8-9,11,16-19H2,1-2H3,(H,35,36,38)/t23-,26?/m0/s1. The smallest absolute Gasteiger partial charge is 0.305 e. The van der Waals surface area contributed by atoms with Gasteiger partial charge in [0.15, 0.2) is 17.0 Å². The molecule has 0 saturated carbocycles. The number of anilines is 2. The van der Waals surface area contributed by atoms with Crippen LogP contribution in [0.2, 0.25) is 0 Å². The van der Waals surface area contributed by atoms with Crippen LogP contribution in [0.3, 0.4) is 0 Å². The zero-order chi connectivity index (χ0) is 31.2. The van der Waals surface area contributed by atoms with Crippen molar-refractivity contribution in [1.29, 1.82) is 0 Å². The monoisotopic (exact) mass is 610 g/mol. The Morgan fingerprint density at radius 3 is 2.73 bits per heavy atom. The SMILES string of the molecule is CCOC(=O)CCCNc1cccc2nc([C@H](CC)Nc3ncnc4c3ncn4C3CCCCO3)n(-c3ccccc3)c(=O)c12. The number of hydrogen-bond donors (Lipinski definition) is 2. The fourth-order valence-electron chi connectivity index (χ4n) is 5.77. The molecule has 45 heavy (non-hydrogen) atoms. The van der Waals surface area contributed by atoms with Crippen molar-refractivity contribution in [2.24, 2.45) is 0 Å². The first-order valence-corrected chi connectivity index (χ1v) is 15.6. The van der Waals surface area contributed by atoms with Crippen molar-refractivity contribution in [3.8, 4) is 5.69 Å². The minimum atomic E-state index is -0.377. The maximum Gasteiger partial charge on any atom is 0.305 e. The van der Waals surface area contributed by atoms with E-state index in [1.165, 1.54) is 6.33 Å². The number of para-hydroxylation sites is 1. The molecule has 1 unspecified atom stereocenters. The Morgan fingerprint density at radius 1 is 1.09 bits per heavy atom. The summed E-state index contributed by atoms with van der Waals surface area (Å²) in [6, 6.07) is 14.7. The van der Waals surface area contributed by atoms with E-state index in [0.717, 1.165) is 19.3 Å². The quantitative estimate of drug-likeness (QED) is 0.137. The summed E-state index contributed by atoms with van der Waals surface area (Å²) in [5.74, 6) is 0.887. The number of carbonyl (C=O) groups excluding carboxylic acids is 1. The van der Waals surface area contributed by atoms with Gasteiger partial charge in [0, 0.05) is 25.3 Å². The lowest BCUT2D eigenvalue weighted by atomic mass is 10.1. The zero-order valence-electron chi connectivity index (χ0n) is 25.6. The number of hydrogen-bond acceptors (Lipinski definition) is 10. The fraction of sp³-hybridized carbons (Fsp3) is 0.394. The van der Waals surface area contributed by atoms with E-state index in [1.807, 2.05) is 60.0 Å². The molecule has 12 nitrogen and oxygen atoms in total. The number of ether oxygens (including phenoxy) is 2. The highest BCUT2D eigenvalue weighted by molar-refractivity contribution is 5.91. The minimum absolute atomic E-state index is 0.105. The molecule has 2 atom stereocenters. The van der Waals surface area contributed by atoms with Crippen LogP contribution in [0.15, 0.2) is 66.0 Å². The largest absolute Gasteiger partial charge is 0.466 e. The summed E-state index contributed by atoms with van der Waals surface area (Å²) in [6.07, 6.45) is 7.72. The Morgan fingerprint density at radius 2 is 1.96 bits per heavy atom. The summed E-state index contributed by atoms with van der Waals surface area (Å²) in [5.41, 5.74) is 3.08. The van der Waals surface area contributed by atoms with Crippen molar-refractivity contribution in [2.75, 3.05) is 30.4 Å². The van der Waals surface area contributed by atoms with Gasteiger partial charge in [0.2, 0.25) is 0 Å². The van der Waals surface area contributed by atoms with E-state index in [2.05, 4.69) is 25.6 Å². The number of carbonyl (C=O) groups is 1. The second-order valence-electron chi connectivity index (χ2n) is 11.0. The second-order valence-corrected chi connectivity index (χ2v) is 11.0. The Balaban J connectivity index is 1.37. The Bertz CT molecular complexity index is 1830. The molecule has 4 heterocycles. The van der Waals surface area contributed by atoms with E-state index in [-0.39, 0.29) is 23.8 Å². The maximum absolute atomic E-state index is 14.4. The third kappa shape index (κ3) is 6.37. The lowest BCUT2D eigenvalue weighted by Gasteiger charge is -2.24.